The Hall–Kier alpha value is -1.31. The van der Waals surface area contributed by atoms with Crippen LogP contribution in [-0.2, 0) is 10.0 Å². The Balaban J connectivity index is 2.89. The summed E-state index contributed by atoms with van der Waals surface area (Å²) in [5.41, 5.74) is 6.83. The molecule has 7 heteroatoms. The van der Waals surface area contributed by atoms with E-state index in [0.29, 0.717) is 0 Å². The topological polar surface area (TPSA) is 87.5 Å². The Kier molecular flexibility index (Phi) is 5.16. The molecule has 19 heavy (non-hydrogen) atoms. The summed E-state index contributed by atoms with van der Waals surface area (Å²) in [6.07, 6.45) is 0. The lowest BCUT2D eigenvalue weighted by Gasteiger charge is -2.20. The molecule has 4 N–H and O–H groups in total. The van der Waals surface area contributed by atoms with E-state index in [0.717, 1.165) is 12.2 Å². The van der Waals surface area contributed by atoms with Crippen molar-refractivity contribution in [2.24, 2.45) is 0 Å². The van der Waals surface area contributed by atoms with Crippen molar-refractivity contribution >= 4 is 21.4 Å². The molecule has 0 aliphatic rings. The minimum Gasteiger partial charge on any atom is -0.398 e. The van der Waals surface area contributed by atoms with Crippen molar-refractivity contribution in [3.63, 3.8) is 0 Å². The predicted octanol–water partition coefficient (Wildman–Crippen LogP) is 0.539. The summed E-state index contributed by atoms with van der Waals surface area (Å²) in [7, 11) is 1.85. The molecule has 0 saturated carbocycles. The summed E-state index contributed by atoms with van der Waals surface area (Å²) in [6, 6.07) is 5.09. The molecule has 0 heterocycles. The first-order valence-electron chi connectivity index (χ1n) is 6.00. The van der Waals surface area contributed by atoms with Crippen molar-refractivity contribution in [3.8, 4) is 0 Å². The zero-order chi connectivity index (χ0) is 14.6. The lowest BCUT2D eigenvalue weighted by atomic mass is 10.2. The second-order valence-electron chi connectivity index (χ2n) is 4.77. The third kappa shape index (κ3) is 4.38. The molecule has 0 saturated heterocycles. The van der Waals surface area contributed by atoms with Gasteiger partial charge < -0.3 is 16.0 Å². The van der Waals surface area contributed by atoms with Gasteiger partial charge in [0.15, 0.2) is 0 Å². The number of nitrogen functional groups attached to an aromatic ring is 1. The number of anilines is 2. The first-order valence-corrected chi connectivity index (χ1v) is 7.49. The van der Waals surface area contributed by atoms with Crippen molar-refractivity contribution < 1.29 is 8.42 Å². The molecule has 0 aliphatic carbocycles. The van der Waals surface area contributed by atoms with Gasteiger partial charge in [0.1, 0.15) is 4.90 Å². The largest absolute Gasteiger partial charge is 0.398 e. The van der Waals surface area contributed by atoms with Crippen LogP contribution < -0.4 is 15.8 Å². The van der Waals surface area contributed by atoms with E-state index < -0.39 is 10.0 Å². The number of nitrogens with two attached hydrogens (primary N) is 1. The molecule has 1 aromatic carbocycles. The van der Waals surface area contributed by atoms with Gasteiger partial charge in [-0.2, -0.15) is 0 Å². The lowest BCUT2D eigenvalue weighted by molar-refractivity contribution is 0.392. The molecule has 6 nitrogen and oxygen atoms in total. The molecule has 0 fully saturated rings. The summed E-state index contributed by atoms with van der Waals surface area (Å²) in [4.78, 5) is 2.17. The Bertz CT molecular complexity index is 529. The molecule has 0 amide bonds. The Labute approximate surface area is 115 Å². The molecule has 1 rings (SSSR count). The number of hydrogen-bond acceptors (Lipinski definition) is 5. The zero-order valence-corrected chi connectivity index (χ0v) is 12.6. The number of sulfonamides is 1. The summed E-state index contributed by atoms with van der Waals surface area (Å²) in [5.74, 6) is 0. The van der Waals surface area contributed by atoms with Gasteiger partial charge in [0.25, 0.3) is 0 Å². The van der Waals surface area contributed by atoms with Crippen molar-refractivity contribution in [1.82, 2.24) is 9.62 Å². The molecule has 0 aliphatic heterocycles. The van der Waals surface area contributed by atoms with E-state index in [9.17, 15) is 8.42 Å². The van der Waals surface area contributed by atoms with E-state index in [1.807, 2.05) is 14.1 Å². The number of benzene rings is 1. The second kappa shape index (κ2) is 6.23. The summed E-state index contributed by atoms with van der Waals surface area (Å²) in [5, 5.41) is 3.27. The molecule has 0 aromatic heterocycles. The van der Waals surface area contributed by atoms with Crippen LogP contribution in [0.2, 0.25) is 0 Å². The van der Waals surface area contributed by atoms with Crippen LogP contribution in [-0.4, -0.2) is 47.0 Å². The van der Waals surface area contributed by atoms with Crippen molar-refractivity contribution in [2.75, 3.05) is 38.7 Å². The number of nitrogens with zero attached hydrogens (tertiary/aromatic N) is 1. The standard InChI is InChI=1S/C12H22N4O2S/c1-9(8-16(3)4)15-10-5-6-12(11(13)7-10)19(17,18)14-2/h5-7,9,14-15H,8,13H2,1-4H3. The van der Waals surface area contributed by atoms with Crippen LogP contribution in [0.3, 0.4) is 0 Å². The fourth-order valence-electron chi connectivity index (χ4n) is 1.87. The maximum absolute atomic E-state index is 11.7. The summed E-state index contributed by atoms with van der Waals surface area (Å²) in [6.45, 7) is 2.92. The highest BCUT2D eigenvalue weighted by Crippen LogP contribution is 2.22. The van der Waals surface area contributed by atoms with E-state index in [1.54, 1.807) is 12.1 Å². The van der Waals surface area contributed by atoms with Crippen molar-refractivity contribution in [1.29, 1.82) is 0 Å². The minimum absolute atomic E-state index is 0.0980. The van der Waals surface area contributed by atoms with E-state index in [2.05, 4.69) is 21.9 Å². The van der Waals surface area contributed by atoms with E-state index in [1.165, 1.54) is 13.1 Å². The van der Waals surface area contributed by atoms with Gasteiger partial charge in [-0.15, -0.1) is 0 Å². The SMILES string of the molecule is CNS(=O)(=O)c1ccc(NC(C)CN(C)C)cc1N. The molecular formula is C12H22N4O2S. The number of nitrogens with one attached hydrogen (secondary N) is 2. The third-order valence-electron chi connectivity index (χ3n) is 2.62. The molecule has 0 spiro atoms. The van der Waals surface area contributed by atoms with Crippen LogP contribution in [0, 0.1) is 0 Å². The average Bonchev–Trinajstić information content (AvgIpc) is 2.27. The van der Waals surface area contributed by atoms with Crippen LogP contribution >= 0.6 is 0 Å². The lowest BCUT2D eigenvalue weighted by Crippen LogP contribution is -2.29. The maximum Gasteiger partial charge on any atom is 0.242 e. The van der Waals surface area contributed by atoms with E-state index in [4.69, 9.17) is 5.73 Å². The van der Waals surface area contributed by atoms with Gasteiger partial charge in [0.2, 0.25) is 10.0 Å². The first-order chi connectivity index (χ1) is 8.76. The van der Waals surface area contributed by atoms with Gasteiger partial charge in [-0.05, 0) is 46.3 Å². The van der Waals surface area contributed by atoms with Gasteiger partial charge >= 0.3 is 0 Å². The quantitative estimate of drug-likeness (QED) is 0.664. The number of likely N-dealkylation sites (N-methyl/N-ethyl adjacent to an activating group) is 1. The monoisotopic (exact) mass is 286 g/mol. The molecule has 0 radical (unpaired) electrons. The van der Waals surface area contributed by atoms with Gasteiger partial charge in [0, 0.05) is 18.3 Å². The molecule has 0 bridgehead atoms. The fourth-order valence-corrected chi connectivity index (χ4v) is 2.71. The average molecular weight is 286 g/mol. The number of hydrogen-bond donors (Lipinski definition) is 3. The molecule has 1 unspecified atom stereocenters. The molecular weight excluding hydrogens is 264 g/mol. The Morgan fingerprint density at radius 2 is 2.00 bits per heavy atom. The van der Waals surface area contributed by atoms with Gasteiger partial charge in [-0.25, -0.2) is 13.1 Å². The van der Waals surface area contributed by atoms with Crippen molar-refractivity contribution in [2.45, 2.75) is 17.9 Å². The summed E-state index contributed by atoms with van der Waals surface area (Å²) < 4.78 is 25.6. The van der Waals surface area contributed by atoms with Gasteiger partial charge in [-0.3, -0.25) is 0 Å². The smallest absolute Gasteiger partial charge is 0.242 e. The first kappa shape index (κ1) is 15.7. The Morgan fingerprint density at radius 1 is 1.37 bits per heavy atom. The molecule has 108 valence electrons. The second-order valence-corrected chi connectivity index (χ2v) is 6.62. The molecule has 1 aromatic rings. The van der Waals surface area contributed by atoms with Crippen LogP contribution in [0.1, 0.15) is 6.92 Å². The molecule has 1 atom stereocenters. The minimum atomic E-state index is -3.50. The highest BCUT2D eigenvalue weighted by molar-refractivity contribution is 7.89. The van der Waals surface area contributed by atoms with Crippen molar-refractivity contribution in [3.05, 3.63) is 18.2 Å². The van der Waals surface area contributed by atoms with Crippen LogP contribution in [0.15, 0.2) is 23.1 Å². The Morgan fingerprint density at radius 3 is 2.47 bits per heavy atom. The highest BCUT2D eigenvalue weighted by atomic mass is 32.2. The normalized spacial score (nSPS) is 13.5. The van der Waals surface area contributed by atoms with Gasteiger partial charge in [0.05, 0.1) is 5.69 Å². The van der Waals surface area contributed by atoms with Gasteiger partial charge in [-0.1, -0.05) is 0 Å². The van der Waals surface area contributed by atoms with E-state index >= 15 is 0 Å². The van der Waals surface area contributed by atoms with Crippen LogP contribution in [0.25, 0.3) is 0 Å². The highest BCUT2D eigenvalue weighted by Gasteiger charge is 2.15. The summed E-state index contributed by atoms with van der Waals surface area (Å²) >= 11 is 0. The maximum atomic E-state index is 11.7. The zero-order valence-electron chi connectivity index (χ0n) is 11.8. The fraction of sp³-hybridized carbons (Fsp3) is 0.500. The van der Waals surface area contributed by atoms with E-state index in [-0.39, 0.29) is 16.6 Å². The van der Waals surface area contributed by atoms with Crippen LogP contribution in [0.5, 0.6) is 0 Å². The van der Waals surface area contributed by atoms with Crippen LogP contribution in [0.4, 0.5) is 11.4 Å². The predicted molar refractivity (Wildman–Crippen MR) is 78.7 cm³/mol. The third-order valence-corrected chi connectivity index (χ3v) is 4.11. The number of rotatable bonds is 6.